The zero-order valence-corrected chi connectivity index (χ0v) is 18.8. The molecule has 1 aromatic heterocycles. The highest BCUT2D eigenvalue weighted by Gasteiger charge is 2.27. The van der Waals surface area contributed by atoms with Crippen molar-refractivity contribution in [3.05, 3.63) is 65.4 Å². The van der Waals surface area contributed by atoms with Gasteiger partial charge in [-0.2, -0.15) is 13.7 Å². The van der Waals surface area contributed by atoms with Crippen molar-refractivity contribution in [1.29, 1.82) is 5.26 Å². The van der Waals surface area contributed by atoms with E-state index in [1.54, 1.807) is 24.4 Å². The number of pyridine rings is 1. The Bertz CT molecular complexity index is 1300. The molecule has 8 heteroatoms. The largest absolute Gasteiger partial charge is 0.373 e. The first kappa shape index (κ1) is 22.2. The van der Waals surface area contributed by atoms with Crippen molar-refractivity contribution < 1.29 is 17.7 Å². The molecular formula is C24H25N3O4S. The Morgan fingerprint density at radius 1 is 1.28 bits per heavy atom. The molecule has 1 N–H and O–H groups in total. The molecule has 0 aliphatic carbocycles. The number of rotatable bonds is 4. The molecule has 0 unspecified atom stereocenters. The maximum atomic E-state index is 11.9. The maximum absolute atomic E-state index is 11.9. The Morgan fingerprint density at radius 3 is 2.84 bits per heavy atom. The predicted molar refractivity (Wildman–Crippen MR) is 122 cm³/mol. The van der Waals surface area contributed by atoms with Crippen molar-refractivity contribution in [2.45, 2.75) is 43.8 Å². The number of ether oxygens (including phenoxy) is 1. The molecule has 1 aliphatic heterocycles. The van der Waals surface area contributed by atoms with Crippen LogP contribution in [0.3, 0.4) is 0 Å². The van der Waals surface area contributed by atoms with E-state index in [9.17, 15) is 18.2 Å². The van der Waals surface area contributed by atoms with Crippen LogP contribution in [0.15, 0.2) is 53.6 Å². The highest BCUT2D eigenvalue weighted by atomic mass is 32.2. The number of anilines is 1. The van der Waals surface area contributed by atoms with Crippen LogP contribution in [0, 0.1) is 18.3 Å². The summed E-state index contributed by atoms with van der Waals surface area (Å²) in [5.74, 6) is 0. The molecule has 2 atom stereocenters. The molecule has 0 radical (unpaired) electrons. The number of hydrogen-bond donors (Lipinski definition) is 1. The van der Waals surface area contributed by atoms with Crippen LogP contribution in [0.4, 0.5) is 5.69 Å². The summed E-state index contributed by atoms with van der Waals surface area (Å²) in [6.07, 6.45) is 2.54. The van der Waals surface area contributed by atoms with Crippen LogP contribution < -0.4 is 4.90 Å². The minimum absolute atomic E-state index is 0.00763. The lowest BCUT2D eigenvalue weighted by Gasteiger charge is -2.27. The topological polar surface area (TPSA) is 104 Å². The van der Waals surface area contributed by atoms with Gasteiger partial charge in [0.2, 0.25) is 0 Å². The summed E-state index contributed by atoms with van der Waals surface area (Å²) >= 11 is 0. The van der Waals surface area contributed by atoms with Gasteiger partial charge in [-0.3, -0.25) is 9.54 Å². The molecule has 1 saturated heterocycles. The van der Waals surface area contributed by atoms with Gasteiger partial charge >= 0.3 is 0 Å². The molecule has 0 bridgehead atoms. The lowest BCUT2D eigenvalue weighted by atomic mass is 10.0. The molecule has 0 saturated carbocycles. The van der Waals surface area contributed by atoms with E-state index < -0.39 is 10.1 Å². The summed E-state index contributed by atoms with van der Waals surface area (Å²) in [4.78, 5) is 6.54. The molecular weight excluding hydrogens is 426 g/mol. The minimum atomic E-state index is -4.33. The lowest BCUT2D eigenvalue weighted by molar-refractivity contribution is 0.0107. The van der Waals surface area contributed by atoms with Crippen molar-refractivity contribution in [2.75, 3.05) is 18.0 Å². The highest BCUT2D eigenvalue weighted by molar-refractivity contribution is 7.85. The normalized spacial score (nSPS) is 19.5. The number of fused-ring (bicyclic) bond motifs is 1. The molecule has 7 nitrogen and oxygen atoms in total. The van der Waals surface area contributed by atoms with E-state index in [0.29, 0.717) is 29.6 Å². The fourth-order valence-electron chi connectivity index (χ4n) is 4.33. The third kappa shape index (κ3) is 4.60. The van der Waals surface area contributed by atoms with Crippen LogP contribution in [-0.4, -0.2) is 43.3 Å². The van der Waals surface area contributed by atoms with Gasteiger partial charge in [-0.1, -0.05) is 17.7 Å². The second kappa shape index (κ2) is 8.87. The molecule has 166 valence electrons. The second-order valence-electron chi connectivity index (χ2n) is 8.24. The Labute approximate surface area is 188 Å². The first-order valence-electron chi connectivity index (χ1n) is 10.5. The van der Waals surface area contributed by atoms with Crippen molar-refractivity contribution >= 4 is 26.7 Å². The van der Waals surface area contributed by atoms with E-state index in [0.717, 1.165) is 29.6 Å². The first-order valence-corrected chi connectivity index (χ1v) is 12.0. The predicted octanol–water partition coefficient (Wildman–Crippen LogP) is 3.89. The van der Waals surface area contributed by atoms with Crippen LogP contribution >= 0.6 is 0 Å². The number of benzene rings is 2. The summed E-state index contributed by atoms with van der Waals surface area (Å²) in [7, 11) is -4.33. The van der Waals surface area contributed by atoms with Gasteiger partial charge in [0, 0.05) is 36.8 Å². The summed E-state index contributed by atoms with van der Waals surface area (Å²) in [5.41, 5.74) is 3.61. The van der Waals surface area contributed by atoms with Gasteiger partial charge in [-0.15, -0.1) is 0 Å². The average Bonchev–Trinajstić information content (AvgIpc) is 2.93. The van der Waals surface area contributed by atoms with E-state index in [1.165, 1.54) is 6.07 Å². The number of aryl methyl sites for hydroxylation is 1. The highest BCUT2D eigenvalue weighted by Crippen LogP contribution is 2.31. The Morgan fingerprint density at radius 2 is 2.09 bits per heavy atom. The number of nitriles is 1. The van der Waals surface area contributed by atoms with Crippen LogP contribution in [-0.2, 0) is 21.3 Å². The van der Waals surface area contributed by atoms with Crippen molar-refractivity contribution in [2.24, 2.45) is 0 Å². The quantitative estimate of drug-likeness (QED) is 0.600. The first-order chi connectivity index (χ1) is 15.3. The van der Waals surface area contributed by atoms with Gasteiger partial charge in [0.05, 0.1) is 28.2 Å². The van der Waals surface area contributed by atoms with Gasteiger partial charge in [0.15, 0.2) is 0 Å². The summed E-state index contributed by atoms with van der Waals surface area (Å²) in [5, 5.41) is 10.3. The zero-order valence-electron chi connectivity index (χ0n) is 18.0. The van der Waals surface area contributed by atoms with Gasteiger partial charge in [-0.05, 0) is 56.2 Å². The number of nitrogens with zero attached hydrogens (tertiary/aromatic N) is 3. The smallest absolute Gasteiger partial charge is 0.294 e. The standard InChI is InChI=1S/C24H25N3O4S/c1-16-5-8-23(32(28,29)30)19(12-16)13-20-15-27(11-9-17(2)31-20)22-7-6-18(14-25)24-21(22)4-3-10-26-24/h3-8,10,12,17,20H,9,11,13,15H2,1-2H3,(H,28,29,30)/t17-,20-/m1/s1. The van der Waals surface area contributed by atoms with E-state index >= 15 is 0 Å². The fraction of sp³-hybridized carbons (Fsp3) is 0.333. The average molecular weight is 452 g/mol. The molecule has 2 aromatic carbocycles. The third-order valence-corrected chi connectivity index (χ3v) is 6.76. The van der Waals surface area contributed by atoms with Crippen molar-refractivity contribution in [3.63, 3.8) is 0 Å². The molecule has 2 heterocycles. The van der Waals surface area contributed by atoms with Crippen LogP contribution in [0.1, 0.15) is 30.0 Å². The zero-order chi connectivity index (χ0) is 22.9. The molecule has 1 fully saturated rings. The van der Waals surface area contributed by atoms with E-state index in [2.05, 4.69) is 16.0 Å². The Balaban J connectivity index is 1.70. The number of aromatic nitrogens is 1. The van der Waals surface area contributed by atoms with Gasteiger partial charge in [0.25, 0.3) is 10.1 Å². The van der Waals surface area contributed by atoms with Crippen LogP contribution in [0.5, 0.6) is 0 Å². The van der Waals surface area contributed by atoms with Gasteiger partial charge in [-0.25, -0.2) is 0 Å². The molecule has 1 aliphatic rings. The van der Waals surface area contributed by atoms with Crippen molar-refractivity contribution in [1.82, 2.24) is 4.98 Å². The maximum Gasteiger partial charge on any atom is 0.294 e. The molecule has 0 spiro atoms. The van der Waals surface area contributed by atoms with Gasteiger partial charge < -0.3 is 9.64 Å². The molecule has 3 aromatic rings. The van der Waals surface area contributed by atoms with E-state index in [-0.39, 0.29) is 17.1 Å². The SMILES string of the molecule is Cc1ccc(S(=O)(=O)O)c(C[C@@H]2CN(c3ccc(C#N)c4ncccc34)CC[C@@H](C)O2)c1. The third-order valence-electron chi connectivity index (χ3n) is 5.80. The Hall–Kier alpha value is -2.99. The van der Waals surface area contributed by atoms with Crippen LogP contribution in [0.25, 0.3) is 10.9 Å². The summed E-state index contributed by atoms with van der Waals surface area (Å²) in [6, 6.07) is 14.6. The molecule has 32 heavy (non-hydrogen) atoms. The Kier molecular flexibility index (Phi) is 6.15. The lowest BCUT2D eigenvalue weighted by Crippen LogP contribution is -2.33. The monoisotopic (exact) mass is 451 g/mol. The van der Waals surface area contributed by atoms with E-state index in [4.69, 9.17) is 4.74 Å². The van der Waals surface area contributed by atoms with E-state index in [1.807, 2.05) is 32.0 Å². The van der Waals surface area contributed by atoms with Crippen molar-refractivity contribution in [3.8, 4) is 6.07 Å². The second-order valence-corrected chi connectivity index (χ2v) is 9.63. The summed E-state index contributed by atoms with van der Waals surface area (Å²) in [6.45, 7) is 5.19. The minimum Gasteiger partial charge on any atom is -0.373 e. The molecule has 0 amide bonds. The number of hydrogen-bond acceptors (Lipinski definition) is 6. The summed E-state index contributed by atoms with van der Waals surface area (Å²) < 4.78 is 39.7. The molecule has 4 rings (SSSR count). The van der Waals surface area contributed by atoms with Crippen LogP contribution in [0.2, 0.25) is 0 Å². The fourth-order valence-corrected chi connectivity index (χ4v) is 5.05. The van der Waals surface area contributed by atoms with Gasteiger partial charge in [0.1, 0.15) is 6.07 Å².